The zero-order valence-corrected chi connectivity index (χ0v) is 11.1. The fourth-order valence-electron chi connectivity index (χ4n) is 2.52. The number of nitrogens with one attached hydrogen (secondary N) is 1. The van der Waals surface area contributed by atoms with Crippen molar-refractivity contribution < 1.29 is 9.90 Å². The summed E-state index contributed by atoms with van der Waals surface area (Å²) >= 11 is 0. The van der Waals surface area contributed by atoms with E-state index in [4.69, 9.17) is 5.11 Å². The fourth-order valence-corrected chi connectivity index (χ4v) is 2.52. The average molecular weight is 263 g/mol. The van der Waals surface area contributed by atoms with Crippen LogP contribution in [0.15, 0.2) is 12.4 Å². The van der Waals surface area contributed by atoms with Gasteiger partial charge in [0, 0.05) is 25.4 Å². The number of aliphatic carboxylic acids is 1. The highest BCUT2D eigenvalue weighted by molar-refractivity contribution is 5.66. The van der Waals surface area contributed by atoms with Crippen LogP contribution >= 0.6 is 0 Å². The second-order valence-electron chi connectivity index (χ2n) is 5.10. The Labute approximate surface area is 113 Å². The molecule has 0 spiro atoms. The van der Waals surface area contributed by atoms with E-state index in [2.05, 4.69) is 15.3 Å². The van der Waals surface area contributed by atoms with Gasteiger partial charge in [-0.1, -0.05) is 19.3 Å². The van der Waals surface area contributed by atoms with Crippen LogP contribution in [0.25, 0.3) is 0 Å². The summed E-state index contributed by atoms with van der Waals surface area (Å²) in [6.45, 7) is 0.592. The Kier molecular flexibility index (Phi) is 5.12. The first-order valence-corrected chi connectivity index (χ1v) is 7.03. The molecule has 0 aliphatic heterocycles. The highest BCUT2D eigenvalue weighted by atomic mass is 16.4. The largest absolute Gasteiger partial charge is 0.481 e. The van der Waals surface area contributed by atoms with Crippen molar-refractivity contribution in [3.8, 4) is 0 Å². The number of carboxylic acids is 1. The number of aromatic nitrogens is 2. The van der Waals surface area contributed by atoms with Crippen LogP contribution in [-0.2, 0) is 4.79 Å². The monoisotopic (exact) mass is 263 g/mol. The van der Waals surface area contributed by atoms with Crippen LogP contribution in [0.3, 0.4) is 0 Å². The van der Waals surface area contributed by atoms with Crippen molar-refractivity contribution in [1.29, 1.82) is 0 Å². The second kappa shape index (κ2) is 7.07. The summed E-state index contributed by atoms with van der Waals surface area (Å²) in [7, 11) is 0. The summed E-state index contributed by atoms with van der Waals surface area (Å²) in [5.41, 5.74) is 1.23. The molecule has 1 aliphatic rings. The third kappa shape index (κ3) is 4.50. The molecule has 0 bridgehead atoms. The molecule has 1 aliphatic carbocycles. The standard InChI is InChI=1S/C14H21N3O2/c18-13(19)7-4-8-15-14-16-9-12(10-17-14)11-5-2-1-3-6-11/h9-11H,1-8H2,(H,18,19)(H,15,16,17). The Morgan fingerprint density at radius 1 is 1.26 bits per heavy atom. The third-order valence-electron chi connectivity index (χ3n) is 3.60. The minimum Gasteiger partial charge on any atom is -0.481 e. The van der Waals surface area contributed by atoms with E-state index in [0.717, 1.165) is 0 Å². The normalized spacial score (nSPS) is 16.2. The Balaban J connectivity index is 1.79. The van der Waals surface area contributed by atoms with Crippen LogP contribution in [0.4, 0.5) is 5.95 Å². The minimum absolute atomic E-state index is 0.174. The van der Waals surface area contributed by atoms with E-state index in [0.29, 0.717) is 24.8 Å². The molecule has 19 heavy (non-hydrogen) atoms. The van der Waals surface area contributed by atoms with E-state index in [9.17, 15) is 4.79 Å². The predicted molar refractivity (Wildman–Crippen MR) is 73.2 cm³/mol. The first-order valence-electron chi connectivity index (χ1n) is 7.03. The number of anilines is 1. The molecule has 0 atom stereocenters. The van der Waals surface area contributed by atoms with Gasteiger partial charge in [-0.15, -0.1) is 0 Å². The summed E-state index contributed by atoms with van der Waals surface area (Å²) in [5.74, 6) is 0.440. The quantitative estimate of drug-likeness (QED) is 0.772. The maximum atomic E-state index is 10.4. The van der Waals surface area contributed by atoms with Crippen LogP contribution in [0.5, 0.6) is 0 Å². The van der Waals surface area contributed by atoms with Crippen LogP contribution in [0.2, 0.25) is 0 Å². The third-order valence-corrected chi connectivity index (χ3v) is 3.60. The van der Waals surface area contributed by atoms with E-state index >= 15 is 0 Å². The fraction of sp³-hybridized carbons (Fsp3) is 0.643. The number of hydrogen-bond donors (Lipinski definition) is 2. The molecule has 1 aromatic rings. The van der Waals surface area contributed by atoms with Crippen LogP contribution < -0.4 is 5.32 Å². The van der Waals surface area contributed by atoms with Crippen molar-refractivity contribution in [2.24, 2.45) is 0 Å². The number of hydrogen-bond acceptors (Lipinski definition) is 4. The lowest BCUT2D eigenvalue weighted by atomic mass is 9.85. The van der Waals surface area contributed by atoms with Crippen LogP contribution in [0.1, 0.15) is 56.4 Å². The molecule has 1 aromatic heterocycles. The van der Waals surface area contributed by atoms with Gasteiger partial charge in [0.15, 0.2) is 0 Å². The van der Waals surface area contributed by atoms with Crippen molar-refractivity contribution >= 4 is 11.9 Å². The molecule has 5 heteroatoms. The van der Waals surface area contributed by atoms with E-state index in [1.165, 1.54) is 37.7 Å². The molecule has 0 unspecified atom stereocenters. The SMILES string of the molecule is O=C(O)CCCNc1ncc(C2CCCCC2)cn1. The molecule has 104 valence electrons. The van der Waals surface area contributed by atoms with Gasteiger partial charge in [0.25, 0.3) is 0 Å². The first kappa shape index (κ1) is 13.8. The summed E-state index contributed by atoms with van der Waals surface area (Å²) < 4.78 is 0. The topological polar surface area (TPSA) is 75.1 Å². The van der Waals surface area contributed by atoms with Gasteiger partial charge in [0.2, 0.25) is 5.95 Å². The lowest BCUT2D eigenvalue weighted by Gasteiger charge is -2.21. The van der Waals surface area contributed by atoms with Crippen LogP contribution in [0, 0.1) is 0 Å². The maximum Gasteiger partial charge on any atom is 0.303 e. The smallest absolute Gasteiger partial charge is 0.303 e. The molecule has 5 nitrogen and oxygen atoms in total. The van der Waals surface area contributed by atoms with E-state index < -0.39 is 5.97 Å². The molecule has 1 heterocycles. The minimum atomic E-state index is -0.768. The van der Waals surface area contributed by atoms with Crippen molar-refractivity contribution in [2.45, 2.75) is 50.9 Å². The highest BCUT2D eigenvalue weighted by Crippen LogP contribution is 2.31. The van der Waals surface area contributed by atoms with Gasteiger partial charge in [-0.3, -0.25) is 4.79 Å². The Morgan fingerprint density at radius 2 is 1.95 bits per heavy atom. The zero-order chi connectivity index (χ0) is 13.5. The van der Waals surface area contributed by atoms with E-state index in [1.54, 1.807) is 0 Å². The molecular formula is C14H21N3O2. The zero-order valence-electron chi connectivity index (χ0n) is 11.1. The van der Waals surface area contributed by atoms with Gasteiger partial charge < -0.3 is 10.4 Å². The molecule has 2 N–H and O–H groups in total. The van der Waals surface area contributed by atoms with Crippen molar-refractivity contribution in [3.63, 3.8) is 0 Å². The second-order valence-corrected chi connectivity index (χ2v) is 5.10. The molecular weight excluding hydrogens is 242 g/mol. The highest BCUT2D eigenvalue weighted by Gasteiger charge is 2.15. The molecule has 0 aromatic carbocycles. The van der Waals surface area contributed by atoms with E-state index in [-0.39, 0.29) is 6.42 Å². The van der Waals surface area contributed by atoms with Crippen molar-refractivity contribution in [3.05, 3.63) is 18.0 Å². The van der Waals surface area contributed by atoms with Crippen molar-refractivity contribution in [1.82, 2.24) is 9.97 Å². The van der Waals surface area contributed by atoms with Gasteiger partial charge in [-0.2, -0.15) is 0 Å². The molecule has 2 rings (SSSR count). The first-order chi connectivity index (χ1) is 9.25. The van der Waals surface area contributed by atoms with Gasteiger partial charge in [0.05, 0.1) is 0 Å². The number of rotatable bonds is 6. The average Bonchev–Trinajstić information content (AvgIpc) is 2.45. The van der Waals surface area contributed by atoms with Gasteiger partial charge in [-0.25, -0.2) is 9.97 Å². The molecule has 0 amide bonds. The predicted octanol–water partition coefficient (Wildman–Crippen LogP) is 2.80. The molecule has 0 saturated heterocycles. The van der Waals surface area contributed by atoms with Gasteiger partial charge in [-0.05, 0) is 30.7 Å². The van der Waals surface area contributed by atoms with Crippen molar-refractivity contribution in [2.75, 3.05) is 11.9 Å². The summed E-state index contributed by atoms with van der Waals surface area (Å²) in [5, 5.41) is 11.6. The van der Waals surface area contributed by atoms with Gasteiger partial charge in [0.1, 0.15) is 0 Å². The Hall–Kier alpha value is -1.65. The summed E-state index contributed by atoms with van der Waals surface area (Å²) in [6, 6.07) is 0. The van der Waals surface area contributed by atoms with Gasteiger partial charge >= 0.3 is 5.97 Å². The number of nitrogens with zero attached hydrogens (tertiary/aromatic N) is 2. The molecule has 0 radical (unpaired) electrons. The summed E-state index contributed by atoms with van der Waals surface area (Å²) in [4.78, 5) is 19.0. The van der Waals surface area contributed by atoms with Crippen LogP contribution in [-0.4, -0.2) is 27.6 Å². The Morgan fingerprint density at radius 3 is 2.58 bits per heavy atom. The number of carboxylic acid groups (broad SMARTS) is 1. The lowest BCUT2D eigenvalue weighted by Crippen LogP contribution is -2.09. The summed E-state index contributed by atoms with van der Waals surface area (Å²) in [6.07, 6.45) is 11.0. The van der Waals surface area contributed by atoms with E-state index in [1.807, 2.05) is 12.4 Å². The maximum absolute atomic E-state index is 10.4. The lowest BCUT2D eigenvalue weighted by molar-refractivity contribution is -0.137. The molecule has 1 saturated carbocycles. The number of carbonyl (C=O) groups is 1. The molecule has 1 fully saturated rings. The Bertz CT molecular complexity index is 400.